The number of hydrogen-bond acceptors (Lipinski definition) is 4. The van der Waals surface area contributed by atoms with Gasteiger partial charge in [0.15, 0.2) is 0 Å². The largest absolute Gasteiger partial charge is 0.397 e. The number of hydrogen-bond donors (Lipinski definition) is 4. The molecule has 6 N–H and O–H groups in total. The molecule has 5 nitrogen and oxygen atoms in total. The fraction of sp³-hybridized carbons (Fsp3) is 0.0714. The molecular weight excluding hydrogens is 438 g/mol. The van der Waals surface area contributed by atoms with E-state index in [1.807, 2.05) is 0 Å². The second kappa shape index (κ2) is 7.36. The molecule has 22 heavy (non-hydrogen) atoms. The van der Waals surface area contributed by atoms with E-state index in [2.05, 4.69) is 33.3 Å². The van der Waals surface area contributed by atoms with Gasteiger partial charge in [-0.1, -0.05) is 51.9 Å². The van der Waals surface area contributed by atoms with E-state index in [1.165, 1.54) is 0 Å². The van der Waals surface area contributed by atoms with Gasteiger partial charge in [-0.15, -0.1) is 0 Å². The van der Waals surface area contributed by atoms with Crippen molar-refractivity contribution >= 4 is 63.1 Å². The number of nitrogens with two attached hydrogens (primary N) is 2. The SMILES string of the molecule is NNC(=O)c1ccc(N)c(NC(I)c2c(Cl)cccc2Cl)c1. The van der Waals surface area contributed by atoms with Crippen LogP contribution in [0.4, 0.5) is 11.4 Å². The average molecular weight is 451 g/mol. The Balaban J connectivity index is 2.32. The van der Waals surface area contributed by atoms with Gasteiger partial charge in [0.05, 0.1) is 11.4 Å². The van der Waals surface area contributed by atoms with Crippen molar-refractivity contribution in [2.75, 3.05) is 11.1 Å². The zero-order valence-corrected chi connectivity index (χ0v) is 14.9. The molecule has 8 heteroatoms. The molecular formula is C14H13Cl2IN4O. The van der Waals surface area contributed by atoms with Crippen LogP contribution in [0.5, 0.6) is 0 Å². The van der Waals surface area contributed by atoms with Crippen molar-refractivity contribution < 1.29 is 4.79 Å². The first kappa shape index (κ1) is 17.1. The minimum Gasteiger partial charge on any atom is -0.397 e. The first-order valence-corrected chi connectivity index (χ1v) is 8.19. The van der Waals surface area contributed by atoms with Gasteiger partial charge in [-0.25, -0.2) is 5.84 Å². The molecule has 2 aromatic rings. The maximum absolute atomic E-state index is 11.6. The van der Waals surface area contributed by atoms with E-state index in [0.717, 1.165) is 5.56 Å². The van der Waals surface area contributed by atoms with E-state index < -0.39 is 5.91 Å². The predicted octanol–water partition coefficient (Wildman–Crippen LogP) is 3.72. The summed E-state index contributed by atoms with van der Waals surface area (Å²) in [4.78, 5) is 11.6. The first-order chi connectivity index (χ1) is 10.4. The van der Waals surface area contributed by atoms with Crippen LogP contribution in [-0.4, -0.2) is 5.91 Å². The van der Waals surface area contributed by atoms with Crippen molar-refractivity contribution in [2.24, 2.45) is 5.84 Å². The number of alkyl halides is 1. The normalized spacial score (nSPS) is 11.8. The lowest BCUT2D eigenvalue weighted by molar-refractivity contribution is 0.0953. The zero-order valence-electron chi connectivity index (χ0n) is 11.2. The molecule has 116 valence electrons. The standard InChI is InChI=1S/C14H13Cl2IN4O/c15-8-2-1-3-9(16)12(8)13(17)20-11-6-7(14(22)21-19)4-5-10(11)18/h1-6,13,20H,18-19H2,(H,21,22). The van der Waals surface area contributed by atoms with E-state index in [9.17, 15) is 4.79 Å². The van der Waals surface area contributed by atoms with Gasteiger partial charge < -0.3 is 11.1 Å². The fourth-order valence-corrected chi connectivity index (χ4v) is 3.86. The molecule has 0 spiro atoms. The molecule has 2 rings (SSSR count). The summed E-state index contributed by atoms with van der Waals surface area (Å²) in [5, 5.41) is 4.30. The molecule has 0 heterocycles. The lowest BCUT2D eigenvalue weighted by atomic mass is 10.1. The molecule has 0 bridgehead atoms. The maximum Gasteiger partial charge on any atom is 0.265 e. The predicted molar refractivity (Wildman–Crippen MR) is 99.4 cm³/mol. The molecule has 0 saturated heterocycles. The number of anilines is 2. The van der Waals surface area contributed by atoms with Gasteiger partial charge in [0.2, 0.25) is 0 Å². The molecule has 0 saturated carbocycles. The monoisotopic (exact) mass is 450 g/mol. The average Bonchev–Trinajstić information content (AvgIpc) is 2.48. The van der Waals surface area contributed by atoms with Gasteiger partial charge in [-0.3, -0.25) is 10.2 Å². The highest BCUT2D eigenvalue weighted by Gasteiger charge is 2.16. The highest BCUT2D eigenvalue weighted by atomic mass is 127. The minimum absolute atomic E-state index is 0.225. The van der Waals surface area contributed by atoms with Crippen molar-refractivity contribution in [2.45, 2.75) is 4.05 Å². The smallest absolute Gasteiger partial charge is 0.265 e. The molecule has 0 aliphatic heterocycles. The fourth-order valence-electron chi connectivity index (χ4n) is 1.87. The number of nitrogens with one attached hydrogen (secondary N) is 2. The molecule has 0 fully saturated rings. The summed E-state index contributed by atoms with van der Waals surface area (Å²) in [5.74, 6) is 4.74. The summed E-state index contributed by atoms with van der Waals surface area (Å²) in [6.45, 7) is 0. The minimum atomic E-state index is -0.399. The van der Waals surface area contributed by atoms with Crippen LogP contribution in [0.25, 0.3) is 0 Å². The Labute approximate surface area is 151 Å². The second-order valence-corrected chi connectivity index (χ2v) is 6.48. The molecule has 0 radical (unpaired) electrons. The van der Waals surface area contributed by atoms with Crippen molar-refractivity contribution in [3.63, 3.8) is 0 Å². The van der Waals surface area contributed by atoms with Crippen LogP contribution in [-0.2, 0) is 0 Å². The topological polar surface area (TPSA) is 93.2 Å². The van der Waals surface area contributed by atoms with Gasteiger partial charge >= 0.3 is 0 Å². The first-order valence-electron chi connectivity index (χ1n) is 6.19. The van der Waals surface area contributed by atoms with Crippen LogP contribution >= 0.6 is 45.8 Å². The number of hydrazine groups is 1. The molecule has 1 atom stereocenters. The molecule has 0 aliphatic rings. The number of benzene rings is 2. The molecule has 1 amide bonds. The third-order valence-electron chi connectivity index (χ3n) is 2.98. The number of nitrogen functional groups attached to an aromatic ring is 2. The number of carbonyl (C=O) groups is 1. The van der Waals surface area contributed by atoms with Crippen molar-refractivity contribution in [1.82, 2.24) is 5.43 Å². The molecule has 0 aromatic heterocycles. The number of carbonyl (C=O) groups excluding carboxylic acids is 1. The summed E-state index contributed by atoms with van der Waals surface area (Å²) >= 11 is 14.5. The number of rotatable bonds is 4. The quantitative estimate of drug-likeness (QED) is 0.109. The van der Waals surface area contributed by atoms with Crippen molar-refractivity contribution in [3.8, 4) is 0 Å². The van der Waals surface area contributed by atoms with Gasteiger partial charge in [0.25, 0.3) is 5.91 Å². The van der Waals surface area contributed by atoms with E-state index in [1.54, 1.807) is 36.4 Å². The Morgan fingerprint density at radius 1 is 1.18 bits per heavy atom. The Kier molecular flexibility index (Phi) is 5.74. The maximum atomic E-state index is 11.6. The Hall–Kier alpha value is -1.22. The van der Waals surface area contributed by atoms with E-state index >= 15 is 0 Å². The molecule has 0 aliphatic carbocycles. The van der Waals surface area contributed by atoms with Gasteiger partial charge in [-0.2, -0.15) is 0 Å². The lowest BCUT2D eigenvalue weighted by Crippen LogP contribution is -2.30. The summed E-state index contributed by atoms with van der Waals surface area (Å²) in [6, 6.07) is 10.1. The summed E-state index contributed by atoms with van der Waals surface area (Å²) in [5.41, 5.74) is 10.3. The van der Waals surface area contributed by atoms with Crippen LogP contribution in [0.2, 0.25) is 10.0 Å². The zero-order chi connectivity index (χ0) is 16.3. The van der Waals surface area contributed by atoms with E-state index in [4.69, 9.17) is 34.8 Å². The third-order valence-corrected chi connectivity index (χ3v) is 4.58. The van der Waals surface area contributed by atoms with Crippen LogP contribution < -0.4 is 22.3 Å². The van der Waals surface area contributed by atoms with Crippen LogP contribution in [0, 0.1) is 0 Å². The van der Waals surface area contributed by atoms with Gasteiger partial charge in [0, 0.05) is 21.2 Å². The third kappa shape index (κ3) is 3.75. The van der Waals surface area contributed by atoms with Crippen LogP contribution in [0.15, 0.2) is 36.4 Å². The van der Waals surface area contributed by atoms with Crippen molar-refractivity contribution in [3.05, 3.63) is 57.6 Å². The summed E-state index contributed by atoms with van der Waals surface area (Å²) in [6.07, 6.45) is 0. The van der Waals surface area contributed by atoms with Crippen LogP contribution in [0.1, 0.15) is 20.0 Å². The highest BCUT2D eigenvalue weighted by molar-refractivity contribution is 14.1. The number of halogens is 3. The van der Waals surface area contributed by atoms with Crippen molar-refractivity contribution in [1.29, 1.82) is 0 Å². The second-order valence-electron chi connectivity index (χ2n) is 4.42. The molecule has 1 unspecified atom stereocenters. The summed E-state index contributed by atoms with van der Waals surface area (Å²) < 4.78 is -0.225. The Bertz CT molecular complexity index is 691. The van der Waals surface area contributed by atoms with E-state index in [0.29, 0.717) is 27.0 Å². The van der Waals surface area contributed by atoms with Gasteiger partial charge in [-0.05, 0) is 30.3 Å². The Morgan fingerprint density at radius 3 is 2.41 bits per heavy atom. The van der Waals surface area contributed by atoms with Gasteiger partial charge in [0.1, 0.15) is 4.05 Å². The van der Waals surface area contributed by atoms with Crippen LogP contribution in [0.3, 0.4) is 0 Å². The lowest BCUT2D eigenvalue weighted by Gasteiger charge is -2.18. The molecule has 2 aromatic carbocycles. The summed E-state index contributed by atoms with van der Waals surface area (Å²) in [7, 11) is 0. The highest BCUT2D eigenvalue weighted by Crippen LogP contribution is 2.37. The van der Waals surface area contributed by atoms with E-state index in [-0.39, 0.29) is 4.05 Å². The number of amides is 1. The Morgan fingerprint density at radius 2 is 1.82 bits per heavy atom.